The molecule has 1 atom stereocenters. The summed E-state index contributed by atoms with van der Waals surface area (Å²) in [5, 5.41) is 5.24. The molecule has 1 heterocycles. The zero-order chi connectivity index (χ0) is 23.7. The second-order valence-corrected chi connectivity index (χ2v) is 9.32. The van der Waals surface area contributed by atoms with E-state index in [1.165, 1.54) is 31.4 Å². The second kappa shape index (κ2) is 11.5. The highest BCUT2D eigenvalue weighted by Crippen LogP contribution is 2.16. The summed E-state index contributed by atoms with van der Waals surface area (Å²) < 4.78 is 32.5. The molecule has 0 aromatic heterocycles. The van der Waals surface area contributed by atoms with Crippen LogP contribution in [0, 0.1) is 0 Å². The molecule has 0 radical (unpaired) electrons. The van der Waals surface area contributed by atoms with E-state index in [4.69, 9.17) is 0 Å². The maximum absolute atomic E-state index is 12.8. The van der Waals surface area contributed by atoms with Gasteiger partial charge in [-0.2, -0.15) is 0 Å². The van der Waals surface area contributed by atoms with Crippen LogP contribution in [0.15, 0.2) is 64.5 Å². The molecule has 3 N–H and O–H groups in total. The lowest BCUT2D eigenvalue weighted by molar-refractivity contribution is -0.118. The van der Waals surface area contributed by atoms with Gasteiger partial charge in [0.1, 0.15) is 11.9 Å². The zero-order valence-corrected chi connectivity index (χ0v) is 19.2. The lowest BCUT2D eigenvalue weighted by Crippen LogP contribution is -2.45. The van der Waals surface area contributed by atoms with Gasteiger partial charge in [-0.25, -0.2) is 13.2 Å². The zero-order valence-electron chi connectivity index (χ0n) is 18.4. The summed E-state index contributed by atoms with van der Waals surface area (Å²) in [7, 11) is -2.54. The minimum Gasteiger partial charge on any atom is -0.453 e. The summed E-state index contributed by atoms with van der Waals surface area (Å²) in [5.41, 5.74) is 1.26. The molecule has 2 aromatic carbocycles. The molecule has 9 nitrogen and oxygen atoms in total. The van der Waals surface area contributed by atoms with Crippen LogP contribution in [-0.4, -0.2) is 46.0 Å². The van der Waals surface area contributed by atoms with Gasteiger partial charge in [-0.15, -0.1) is 0 Å². The highest BCUT2D eigenvalue weighted by atomic mass is 32.2. The maximum atomic E-state index is 12.8. The van der Waals surface area contributed by atoms with Gasteiger partial charge in [-0.3, -0.25) is 14.5 Å². The van der Waals surface area contributed by atoms with Crippen LogP contribution in [0.3, 0.4) is 0 Å². The molecule has 1 aliphatic rings. The van der Waals surface area contributed by atoms with Crippen LogP contribution in [0.1, 0.15) is 31.2 Å². The highest BCUT2D eigenvalue weighted by molar-refractivity contribution is 7.90. The van der Waals surface area contributed by atoms with Crippen LogP contribution < -0.4 is 15.4 Å². The Bertz CT molecular complexity index is 1090. The fourth-order valence-corrected chi connectivity index (χ4v) is 4.47. The van der Waals surface area contributed by atoms with Crippen molar-refractivity contribution in [2.24, 2.45) is 4.99 Å². The predicted molar refractivity (Wildman–Crippen MR) is 126 cm³/mol. The molecule has 176 valence electrons. The van der Waals surface area contributed by atoms with Crippen LogP contribution in [0.2, 0.25) is 0 Å². The molecule has 1 unspecified atom stereocenters. The maximum Gasteiger partial charge on any atom is 0.407 e. The van der Waals surface area contributed by atoms with Gasteiger partial charge in [0, 0.05) is 25.1 Å². The molecule has 0 fully saturated rings. The van der Waals surface area contributed by atoms with Gasteiger partial charge in [-0.05, 0) is 42.7 Å². The lowest BCUT2D eigenvalue weighted by Gasteiger charge is -2.18. The SMILES string of the molecule is COC(=O)NC(Cc1ccccc1)C(=O)Nc1ccc(S(=O)(=O)NC2=NCCCCC2)cc1. The number of aliphatic imine (C=N–C) groups is 1. The Morgan fingerprint density at radius 3 is 2.45 bits per heavy atom. The average molecular weight is 473 g/mol. The van der Waals surface area contributed by atoms with E-state index in [-0.39, 0.29) is 11.3 Å². The number of carbonyl (C=O) groups is 2. The number of amides is 2. The summed E-state index contributed by atoms with van der Waals surface area (Å²) in [6.45, 7) is 0.618. The van der Waals surface area contributed by atoms with Gasteiger partial charge in [0.25, 0.3) is 10.0 Å². The van der Waals surface area contributed by atoms with E-state index in [0.29, 0.717) is 24.5 Å². The molecule has 33 heavy (non-hydrogen) atoms. The first kappa shape index (κ1) is 24.2. The molecule has 10 heteroatoms. The molecule has 0 saturated heterocycles. The van der Waals surface area contributed by atoms with Crippen molar-refractivity contribution in [2.45, 2.75) is 43.0 Å². The molecule has 3 rings (SSSR count). The summed E-state index contributed by atoms with van der Waals surface area (Å²) in [5.74, 6) is 0.0216. The topological polar surface area (TPSA) is 126 Å². The van der Waals surface area contributed by atoms with Crippen LogP contribution >= 0.6 is 0 Å². The third-order valence-electron chi connectivity index (χ3n) is 5.14. The minimum atomic E-state index is -3.76. The second-order valence-electron chi connectivity index (χ2n) is 7.64. The van der Waals surface area contributed by atoms with E-state index in [1.807, 2.05) is 30.3 Å². The van der Waals surface area contributed by atoms with E-state index < -0.39 is 28.1 Å². The Hall–Kier alpha value is -3.40. The number of nitrogens with one attached hydrogen (secondary N) is 3. The Morgan fingerprint density at radius 1 is 1.03 bits per heavy atom. The van der Waals surface area contributed by atoms with E-state index in [0.717, 1.165) is 24.8 Å². The molecule has 2 aromatic rings. The lowest BCUT2D eigenvalue weighted by atomic mass is 10.1. The Morgan fingerprint density at radius 2 is 1.76 bits per heavy atom. The molecular weight excluding hydrogens is 444 g/mol. The largest absolute Gasteiger partial charge is 0.453 e. The van der Waals surface area contributed by atoms with Crippen LogP contribution in [0.5, 0.6) is 0 Å². The van der Waals surface area contributed by atoms with Gasteiger partial charge >= 0.3 is 6.09 Å². The molecule has 0 spiro atoms. The van der Waals surface area contributed by atoms with Crippen molar-refractivity contribution in [2.75, 3.05) is 19.0 Å². The van der Waals surface area contributed by atoms with Crippen molar-refractivity contribution in [1.82, 2.24) is 10.0 Å². The summed E-state index contributed by atoms with van der Waals surface area (Å²) in [6, 6.07) is 14.2. The van der Waals surface area contributed by atoms with E-state index in [9.17, 15) is 18.0 Å². The first-order valence-corrected chi connectivity index (χ1v) is 12.2. The smallest absolute Gasteiger partial charge is 0.407 e. The third kappa shape index (κ3) is 7.31. The van der Waals surface area contributed by atoms with Crippen molar-refractivity contribution in [3.8, 4) is 0 Å². The van der Waals surface area contributed by atoms with Gasteiger partial charge < -0.3 is 15.4 Å². The highest BCUT2D eigenvalue weighted by Gasteiger charge is 2.22. The number of nitrogens with zero attached hydrogens (tertiary/aromatic N) is 1. The van der Waals surface area contributed by atoms with Crippen LogP contribution in [0.4, 0.5) is 10.5 Å². The number of alkyl carbamates (subject to hydrolysis) is 1. The number of amidine groups is 1. The van der Waals surface area contributed by atoms with E-state index >= 15 is 0 Å². The van der Waals surface area contributed by atoms with Gasteiger partial charge in [0.05, 0.1) is 12.0 Å². The minimum absolute atomic E-state index is 0.0703. The van der Waals surface area contributed by atoms with Crippen molar-refractivity contribution >= 4 is 33.5 Å². The van der Waals surface area contributed by atoms with E-state index in [2.05, 4.69) is 25.1 Å². The van der Waals surface area contributed by atoms with Crippen molar-refractivity contribution in [3.63, 3.8) is 0 Å². The van der Waals surface area contributed by atoms with Crippen molar-refractivity contribution in [1.29, 1.82) is 0 Å². The summed E-state index contributed by atoms with van der Waals surface area (Å²) in [4.78, 5) is 28.9. The van der Waals surface area contributed by atoms with E-state index in [1.54, 1.807) is 0 Å². The molecule has 0 bridgehead atoms. The predicted octanol–water partition coefficient (Wildman–Crippen LogP) is 2.84. The first-order chi connectivity index (χ1) is 15.9. The first-order valence-electron chi connectivity index (χ1n) is 10.7. The molecular formula is C23H28N4O5S. The number of hydrogen-bond donors (Lipinski definition) is 3. The normalized spacial score (nSPS) is 14.9. The number of methoxy groups -OCH3 is 1. The average Bonchev–Trinajstić information content (AvgIpc) is 3.07. The number of sulfonamides is 1. The number of anilines is 1. The van der Waals surface area contributed by atoms with Gasteiger partial charge in [0.2, 0.25) is 5.91 Å². The Kier molecular flexibility index (Phi) is 8.42. The quantitative estimate of drug-likeness (QED) is 0.571. The summed E-state index contributed by atoms with van der Waals surface area (Å²) >= 11 is 0. The number of benzene rings is 2. The molecule has 0 saturated carbocycles. The van der Waals surface area contributed by atoms with Crippen molar-refractivity contribution < 1.29 is 22.7 Å². The third-order valence-corrected chi connectivity index (χ3v) is 6.53. The standard InChI is InChI=1S/C23H28N4O5S/c1-32-23(29)26-20(16-17-8-4-2-5-9-17)22(28)25-18-11-13-19(14-12-18)33(30,31)27-21-10-6-3-7-15-24-21/h2,4-5,8-9,11-14,20H,3,6-7,10,15-16H2,1H3,(H,24,27)(H,25,28)(H,26,29). The number of ether oxygens (including phenoxy) is 1. The molecule has 0 aliphatic carbocycles. The van der Waals surface area contributed by atoms with Gasteiger partial charge in [0.15, 0.2) is 0 Å². The molecule has 2 amide bonds. The number of hydrogen-bond acceptors (Lipinski definition) is 6. The molecule has 1 aliphatic heterocycles. The number of carbonyl (C=O) groups excluding carboxylic acids is 2. The van der Waals surface area contributed by atoms with Crippen LogP contribution in [-0.2, 0) is 26.0 Å². The van der Waals surface area contributed by atoms with Crippen LogP contribution in [0.25, 0.3) is 0 Å². The van der Waals surface area contributed by atoms with Gasteiger partial charge in [-0.1, -0.05) is 36.8 Å². The summed E-state index contributed by atoms with van der Waals surface area (Å²) in [6.07, 6.45) is 3.02. The Balaban J connectivity index is 1.67. The van der Waals surface area contributed by atoms with Crippen molar-refractivity contribution in [3.05, 3.63) is 60.2 Å². The number of rotatable bonds is 7. The Labute approximate surface area is 193 Å². The monoisotopic (exact) mass is 472 g/mol. The fraction of sp³-hybridized carbons (Fsp3) is 0.348. The fourth-order valence-electron chi connectivity index (χ4n) is 3.38.